The smallest absolute Gasteiger partial charge is 0.228 e. The molecule has 0 aliphatic carbocycles. The van der Waals surface area contributed by atoms with E-state index in [2.05, 4.69) is 14.6 Å². The number of piperazine rings is 1. The molecule has 1 aromatic heterocycles. The van der Waals surface area contributed by atoms with Gasteiger partial charge in [-0.15, -0.1) is 0 Å². The van der Waals surface area contributed by atoms with Crippen molar-refractivity contribution in [2.75, 3.05) is 42.9 Å². The Balaban J connectivity index is 1.37. The van der Waals surface area contributed by atoms with E-state index in [4.69, 9.17) is 17.1 Å². The molecule has 0 bridgehead atoms. The molecule has 0 atom stereocenters. The lowest BCUT2D eigenvalue weighted by Gasteiger charge is -2.35. The maximum atomic E-state index is 11.7. The zero-order valence-electron chi connectivity index (χ0n) is 19.0. The molecule has 1 N–H and O–H groups in total. The number of carbonyl (C=O) groups is 1. The topological polar surface area (TPSA) is 48.5 Å². The van der Waals surface area contributed by atoms with Crippen LogP contribution in [-0.2, 0) is 17.6 Å². The predicted molar refractivity (Wildman–Crippen MR) is 116 cm³/mol. The third-order valence-corrected chi connectivity index (χ3v) is 6.23. The SMILES string of the molecule is [2H]C([2H])(c1cc2c(cc1Cl)NC(=O)C2)C([2H])([2H])N1CCN(c2nsc3ccccc23)CC1. The van der Waals surface area contributed by atoms with Gasteiger partial charge in [0.2, 0.25) is 5.91 Å². The van der Waals surface area contributed by atoms with Crippen molar-refractivity contribution in [3.63, 3.8) is 0 Å². The molecule has 0 unspecified atom stereocenters. The predicted octanol–water partition coefficient (Wildman–Crippen LogP) is 3.81. The number of nitrogens with one attached hydrogen (secondary N) is 1. The van der Waals surface area contributed by atoms with E-state index in [0.717, 1.165) is 15.9 Å². The minimum Gasteiger partial charge on any atom is -0.353 e. The summed E-state index contributed by atoms with van der Waals surface area (Å²) in [7, 11) is 0. The van der Waals surface area contributed by atoms with Crippen molar-refractivity contribution in [1.29, 1.82) is 0 Å². The fraction of sp³-hybridized carbons (Fsp3) is 0.333. The van der Waals surface area contributed by atoms with Gasteiger partial charge in [-0.1, -0.05) is 29.8 Å². The van der Waals surface area contributed by atoms with Crippen LogP contribution in [0.25, 0.3) is 10.1 Å². The van der Waals surface area contributed by atoms with Crippen LogP contribution in [0.3, 0.4) is 0 Å². The van der Waals surface area contributed by atoms with Gasteiger partial charge in [-0.2, -0.15) is 4.37 Å². The molecule has 28 heavy (non-hydrogen) atoms. The Labute approximate surface area is 178 Å². The number of hydrogen-bond donors (Lipinski definition) is 1. The van der Waals surface area contributed by atoms with Gasteiger partial charge >= 0.3 is 0 Å². The molecule has 7 heteroatoms. The lowest BCUT2D eigenvalue weighted by Crippen LogP contribution is -2.47. The van der Waals surface area contributed by atoms with Gasteiger partial charge in [-0.25, -0.2) is 0 Å². The summed E-state index contributed by atoms with van der Waals surface area (Å²) in [5.41, 5.74) is 1.26. The number of anilines is 2. The minimum atomic E-state index is -2.37. The summed E-state index contributed by atoms with van der Waals surface area (Å²) in [5.74, 6) is 0.718. The molecular formula is C21H21ClN4OS. The van der Waals surface area contributed by atoms with Gasteiger partial charge in [-0.3, -0.25) is 9.69 Å². The van der Waals surface area contributed by atoms with Crippen LogP contribution in [0.15, 0.2) is 36.4 Å². The summed E-state index contributed by atoms with van der Waals surface area (Å²) < 4.78 is 40.5. The lowest BCUT2D eigenvalue weighted by atomic mass is 10.1. The minimum absolute atomic E-state index is 0.0624. The summed E-state index contributed by atoms with van der Waals surface area (Å²) in [4.78, 5) is 15.3. The number of fused-ring (bicyclic) bond motifs is 2. The zero-order chi connectivity index (χ0) is 22.7. The molecular weight excluding hydrogens is 392 g/mol. The highest BCUT2D eigenvalue weighted by Crippen LogP contribution is 2.31. The third kappa shape index (κ3) is 3.36. The number of aryl methyl sites for hydroxylation is 1. The Bertz CT molecular complexity index is 1210. The van der Waals surface area contributed by atoms with Crippen LogP contribution in [0, 0.1) is 0 Å². The average Bonchev–Trinajstić information content (AvgIpc) is 3.35. The molecule has 2 aliphatic rings. The van der Waals surface area contributed by atoms with Gasteiger partial charge in [-0.05, 0) is 47.2 Å². The molecule has 5 rings (SSSR count). The number of hydrogen-bond acceptors (Lipinski definition) is 5. The highest BCUT2D eigenvalue weighted by atomic mass is 35.5. The highest BCUT2D eigenvalue weighted by Gasteiger charge is 2.22. The molecule has 0 saturated carbocycles. The lowest BCUT2D eigenvalue weighted by molar-refractivity contribution is -0.115. The van der Waals surface area contributed by atoms with Crippen LogP contribution >= 0.6 is 23.1 Å². The Morgan fingerprint density at radius 1 is 1.21 bits per heavy atom. The van der Waals surface area contributed by atoms with Crippen molar-refractivity contribution in [2.24, 2.45) is 0 Å². The van der Waals surface area contributed by atoms with E-state index in [1.807, 2.05) is 24.3 Å². The Morgan fingerprint density at radius 2 is 2.04 bits per heavy atom. The van der Waals surface area contributed by atoms with Crippen LogP contribution in [0.1, 0.15) is 16.6 Å². The number of nitrogens with zero attached hydrogens (tertiary/aromatic N) is 3. The van der Waals surface area contributed by atoms with Gasteiger partial charge in [0, 0.05) is 54.3 Å². The summed E-state index contributed by atoms with van der Waals surface area (Å²) in [5, 5.41) is 3.87. The number of benzene rings is 2. The normalized spacial score (nSPS) is 20.3. The molecule has 1 amide bonds. The van der Waals surface area contributed by atoms with Crippen LogP contribution in [-0.4, -0.2) is 47.9 Å². The fourth-order valence-corrected chi connectivity index (χ4v) is 4.62. The molecule has 3 heterocycles. The van der Waals surface area contributed by atoms with Crippen molar-refractivity contribution < 1.29 is 10.3 Å². The number of carbonyl (C=O) groups excluding carboxylic acids is 1. The second-order valence-corrected chi connectivity index (χ2v) is 8.14. The second-order valence-electron chi connectivity index (χ2n) is 6.93. The quantitative estimate of drug-likeness (QED) is 0.702. The van der Waals surface area contributed by atoms with E-state index in [9.17, 15) is 4.79 Å². The summed E-state index contributed by atoms with van der Waals surface area (Å²) >= 11 is 7.78. The van der Waals surface area contributed by atoms with Gasteiger partial charge in [0.15, 0.2) is 0 Å². The standard InChI is InChI=1S/C21H21ClN4OS/c22-17-13-18-15(12-20(27)23-18)11-14(17)5-6-25-7-9-26(10-8-25)21-16-3-1-2-4-19(16)28-24-21/h1-4,11,13H,5-10,12H2,(H,23,27)/i5D2,6D2. The average molecular weight is 417 g/mol. The highest BCUT2D eigenvalue weighted by molar-refractivity contribution is 7.13. The number of halogens is 1. The van der Waals surface area contributed by atoms with Crippen LogP contribution in [0.4, 0.5) is 11.5 Å². The van der Waals surface area contributed by atoms with Crippen LogP contribution < -0.4 is 10.2 Å². The third-order valence-electron chi connectivity index (χ3n) is 5.10. The van der Waals surface area contributed by atoms with E-state index in [1.165, 1.54) is 28.6 Å². The summed E-state index contributed by atoms with van der Waals surface area (Å²) in [6, 6.07) is 11.1. The number of amides is 1. The van der Waals surface area contributed by atoms with Crippen molar-refractivity contribution in [1.82, 2.24) is 9.27 Å². The molecule has 2 aromatic carbocycles. The van der Waals surface area contributed by atoms with Gasteiger partial charge in [0.05, 0.1) is 11.1 Å². The largest absolute Gasteiger partial charge is 0.353 e. The fourth-order valence-electron chi connectivity index (χ4n) is 3.61. The van der Waals surface area contributed by atoms with Crippen molar-refractivity contribution in [3.05, 3.63) is 52.5 Å². The Kier molecular flexibility index (Phi) is 3.66. The van der Waals surface area contributed by atoms with E-state index < -0.39 is 12.9 Å². The van der Waals surface area contributed by atoms with Crippen LogP contribution in [0.2, 0.25) is 5.02 Å². The first-order chi connectivity index (χ1) is 15.2. The summed E-state index contributed by atoms with van der Waals surface area (Å²) in [6.45, 7) is -0.515. The number of rotatable bonds is 4. The molecule has 0 radical (unpaired) electrons. The second kappa shape index (κ2) is 7.35. The Hall–Kier alpha value is -2.15. The zero-order valence-corrected chi connectivity index (χ0v) is 16.6. The van der Waals surface area contributed by atoms with E-state index in [-0.39, 0.29) is 22.9 Å². The maximum absolute atomic E-state index is 11.7. The first-order valence-electron chi connectivity index (χ1n) is 11.2. The molecule has 2 aliphatic heterocycles. The molecule has 144 valence electrons. The van der Waals surface area contributed by atoms with Gasteiger partial charge in [0.25, 0.3) is 0 Å². The summed E-state index contributed by atoms with van der Waals surface area (Å²) in [6.07, 6.45) is -2.24. The molecule has 1 saturated heterocycles. The maximum Gasteiger partial charge on any atom is 0.228 e. The van der Waals surface area contributed by atoms with Crippen molar-refractivity contribution in [2.45, 2.75) is 12.8 Å². The van der Waals surface area contributed by atoms with Gasteiger partial charge in [0.1, 0.15) is 5.82 Å². The van der Waals surface area contributed by atoms with Crippen molar-refractivity contribution >= 4 is 50.6 Å². The first-order valence-corrected chi connectivity index (χ1v) is 10.3. The molecule has 3 aromatic rings. The van der Waals surface area contributed by atoms with Crippen LogP contribution in [0.5, 0.6) is 0 Å². The molecule has 5 nitrogen and oxygen atoms in total. The molecule has 1 fully saturated rings. The Morgan fingerprint density at radius 3 is 2.89 bits per heavy atom. The van der Waals surface area contributed by atoms with E-state index in [0.29, 0.717) is 37.4 Å². The van der Waals surface area contributed by atoms with E-state index >= 15 is 0 Å². The van der Waals surface area contributed by atoms with E-state index in [1.54, 1.807) is 0 Å². The monoisotopic (exact) mass is 416 g/mol. The first kappa shape index (κ1) is 13.9. The van der Waals surface area contributed by atoms with Gasteiger partial charge < -0.3 is 10.2 Å². The molecule has 0 spiro atoms. The van der Waals surface area contributed by atoms with Crippen molar-refractivity contribution in [3.8, 4) is 0 Å². The number of aromatic nitrogens is 1.